The molecule has 0 atom stereocenters. The van der Waals surface area contributed by atoms with Crippen molar-refractivity contribution in [2.45, 2.75) is 50.4 Å². The Morgan fingerprint density at radius 3 is 2.56 bits per heavy atom. The number of thiophene rings is 1. The van der Waals surface area contributed by atoms with Gasteiger partial charge >= 0.3 is 0 Å². The summed E-state index contributed by atoms with van der Waals surface area (Å²) in [7, 11) is 0. The Morgan fingerprint density at radius 1 is 1.19 bits per heavy atom. The van der Waals surface area contributed by atoms with E-state index in [1.54, 1.807) is 0 Å². The summed E-state index contributed by atoms with van der Waals surface area (Å²) in [6.45, 7) is -5.53. The van der Waals surface area contributed by atoms with E-state index < -0.39 is 31.3 Å². The highest BCUT2D eigenvalue weighted by Crippen LogP contribution is 2.45. The summed E-state index contributed by atoms with van der Waals surface area (Å²) in [5, 5.41) is 1.84. The van der Waals surface area contributed by atoms with Crippen molar-refractivity contribution in [3.8, 4) is 0 Å². The SMILES string of the molecule is [2H]C1([2H])N(C2(c3cccs3)CCCCC2)C([2H])([2H])C([2H])([2H])C1([2H])[2H]. The third-order valence-electron chi connectivity index (χ3n) is 3.49. The molecule has 0 radical (unpaired) electrons. The van der Waals surface area contributed by atoms with Crippen molar-refractivity contribution in [1.82, 2.24) is 4.90 Å². The molecule has 2 aliphatic rings. The average molecular weight is 243 g/mol. The van der Waals surface area contributed by atoms with Gasteiger partial charge in [-0.1, -0.05) is 25.3 Å². The van der Waals surface area contributed by atoms with Gasteiger partial charge in [0.05, 0.1) is 5.54 Å². The Bertz CT molecular complexity index is 580. The van der Waals surface area contributed by atoms with Gasteiger partial charge in [0, 0.05) is 15.8 Å². The van der Waals surface area contributed by atoms with E-state index in [0.29, 0.717) is 12.8 Å². The molecular weight excluding hydrogens is 214 g/mol. The van der Waals surface area contributed by atoms with Crippen molar-refractivity contribution in [1.29, 1.82) is 0 Å². The molecule has 2 heteroatoms. The van der Waals surface area contributed by atoms with Gasteiger partial charge in [0.15, 0.2) is 0 Å². The van der Waals surface area contributed by atoms with Crippen molar-refractivity contribution >= 4 is 11.3 Å². The maximum Gasteiger partial charge on any atom is 0.0553 e. The Kier molecular flexibility index (Phi) is 1.44. The van der Waals surface area contributed by atoms with E-state index in [-0.39, 0.29) is 0 Å². The molecule has 0 aromatic carbocycles. The lowest BCUT2D eigenvalue weighted by atomic mass is 9.79. The smallest absolute Gasteiger partial charge is 0.0553 e. The van der Waals surface area contributed by atoms with Gasteiger partial charge in [-0.2, -0.15) is 0 Å². The van der Waals surface area contributed by atoms with Crippen molar-refractivity contribution in [3.63, 3.8) is 0 Å². The van der Waals surface area contributed by atoms with Crippen LogP contribution >= 0.6 is 11.3 Å². The van der Waals surface area contributed by atoms with Crippen LogP contribution in [0.25, 0.3) is 0 Å². The lowest BCUT2D eigenvalue weighted by Gasteiger charge is -2.44. The third kappa shape index (κ3) is 1.72. The molecule has 16 heavy (non-hydrogen) atoms. The first-order chi connectivity index (χ1) is 10.9. The van der Waals surface area contributed by atoms with Gasteiger partial charge in [0.25, 0.3) is 0 Å². The molecular formula is C14H21NS. The summed E-state index contributed by atoms with van der Waals surface area (Å²) < 4.78 is 65.6. The van der Waals surface area contributed by atoms with Crippen LogP contribution in [-0.4, -0.2) is 17.9 Å². The van der Waals surface area contributed by atoms with E-state index in [0.717, 1.165) is 29.0 Å². The highest BCUT2D eigenvalue weighted by Gasteiger charge is 2.41. The fourth-order valence-electron chi connectivity index (χ4n) is 2.67. The molecule has 1 aromatic heterocycles. The topological polar surface area (TPSA) is 3.24 Å². The van der Waals surface area contributed by atoms with Gasteiger partial charge in [-0.05, 0) is 50.0 Å². The molecule has 2 heterocycles. The molecule has 1 aliphatic heterocycles. The van der Waals surface area contributed by atoms with Crippen LogP contribution in [0.15, 0.2) is 17.5 Å². The average Bonchev–Trinajstić information content (AvgIpc) is 3.03. The first-order valence-electron chi connectivity index (χ1n) is 9.77. The first kappa shape index (κ1) is 5.11. The second-order valence-electron chi connectivity index (χ2n) is 4.38. The van der Waals surface area contributed by atoms with E-state index in [1.165, 1.54) is 11.3 Å². The van der Waals surface area contributed by atoms with Gasteiger partial charge in [-0.15, -0.1) is 11.3 Å². The van der Waals surface area contributed by atoms with Gasteiger partial charge in [-0.3, -0.25) is 4.90 Å². The molecule has 1 nitrogen and oxygen atoms in total. The zero-order chi connectivity index (χ0) is 18.0. The maximum absolute atomic E-state index is 8.36. The molecule has 0 bridgehead atoms. The summed E-state index contributed by atoms with van der Waals surface area (Å²) in [4.78, 5) is 1.67. The molecule has 3 rings (SSSR count). The molecule has 0 unspecified atom stereocenters. The second-order valence-corrected chi connectivity index (χ2v) is 5.33. The molecule has 0 N–H and O–H groups in total. The molecule has 88 valence electrons. The van der Waals surface area contributed by atoms with E-state index in [4.69, 9.17) is 11.0 Å². The van der Waals surface area contributed by atoms with Crippen molar-refractivity contribution in [2.24, 2.45) is 0 Å². The van der Waals surface area contributed by atoms with Crippen molar-refractivity contribution in [2.75, 3.05) is 13.0 Å². The van der Waals surface area contributed by atoms with Crippen LogP contribution < -0.4 is 0 Å². The Morgan fingerprint density at radius 2 is 1.94 bits per heavy atom. The minimum Gasteiger partial charge on any atom is -0.293 e. The fourth-order valence-corrected chi connectivity index (χ4v) is 3.65. The van der Waals surface area contributed by atoms with E-state index in [9.17, 15) is 0 Å². The molecule has 1 aliphatic carbocycles. The monoisotopic (exact) mass is 243 g/mol. The van der Waals surface area contributed by atoms with Crippen LogP contribution in [0.4, 0.5) is 0 Å². The third-order valence-corrected chi connectivity index (χ3v) is 4.55. The predicted octanol–water partition coefficient (Wildman–Crippen LogP) is 4.00. The molecule has 1 saturated carbocycles. The number of nitrogens with zero attached hydrogens (tertiary/aromatic N) is 1. The Balaban J connectivity index is 2.24. The van der Waals surface area contributed by atoms with E-state index in [1.807, 2.05) is 17.5 Å². The number of rotatable bonds is 2. The zero-order valence-electron chi connectivity index (χ0n) is 17.1. The standard InChI is InChI=1S/C14H21NS/c1-2-8-14(9-3-1,13-7-6-12-16-13)15-10-4-5-11-15/h6-7,12H,1-5,8-11H2/i4D2,5D2,10D2,11D2. The Hall–Kier alpha value is -0.340. The minimum absolute atomic E-state index is 0.499. The quantitative estimate of drug-likeness (QED) is 0.759. The summed E-state index contributed by atoms with van der Waals surface area (Å²) in [6, 6.07) is 3.65. The Labute approximate surface area is 114 Å². The molecule has 0 amide bonds. The van der Waals surface area contributed by atoms with Crippen LogP contribution in [0.3, 0.4) is 0 Å². The van der Waals surface area contributed by atoms with Crippen molar-refractivity contribution < 1.29 is 11.0 Å². The van der Waals surface area contributed by atoms with Gasteiger partial charge < -0.3 is 0 Å². The molecule has 1 saturated heterocycles. The maximum atomic E-state index is 8.36. The molecule has 2 fully saturated rings. The highest BCUT2D eigenvalue weighted by atomic mass is 32.1. The summed E-state index contributed by atoms with van der Waals surface area (Å²) in [5.74, 6) is 0. The number of hydrogen-bond donors (Lipinski definition) is 0. The lowest BCUT2D eigenvalue weighted by molar-refractivity contribution is 0.0741. The summed E-state index contributed by atoms with van der Waals surface area (Å²) >= 11 is 1.40. The van der Waals surface area contributed by atoms with Gasteiger partial charge in [0.2, 0.25) is 0 Å². The van der Waals surface area contributed by atoms with Crippen LogP contribution in [0, 0.1) is 0 Å². The normalized spacial score (nSPS) is 46.0. The molecule has 1 aromatic rings. The van der Waals surface area contributed by atoms with Crippen LogP contribution in [0.5, 0.6) is 0 Å². The van der Waals surface area contributed by atoms with Crippen LogP contribution in [0.2, 0.25) is 0 Å². The largest absolute Gasteiger partial charge is 0.293 e. The summed E-state index contributed by atoms with van der Waals surface area (Å²) in [6.07, 6.45) is -2.40. The van der Waals surface area contributed by atoms with Gasteiger partial charge in [-0.25, -0.2) is 0 Å². The van der Waals surface area contributed by atoms with Crippen LogP contribution in [-0.2, 0) is 5.54 Å². The summed E-state index contributed by atoms with van der Waals surface area (Å²) in [5.41, 5.74) is -1.02. The molecule has 0 spiro atoms. The first-order valence-corrected chi connectivity index (χ1v) is 6.65. The van der Waals surface area contributed by atoms with E-state index >= 15 is 0 Å². The lowest BCUT2D eigenvalue weighted by Crippen LogP contribution is -2.45. The number of likely N-dealkylation sites (tertiary alicyclic amines) is 1. The highest BCUT2D eigenvalue weighted by molar-refractivity contribution is 7.10. The van der Waals surface area contributed by atoms with Crippen LogP contribution in [0.1, 0.15) is 60.7 Å². The van der Waals surface area contributed by atoms with Gasteiger partial charge in [0.1, 0.15) is 0 Å². The minimum atomic E-state index is -2.97. The van der Waals surface area contributed by atoms with Crippen molar-refractivity contribution in [3.05, 3.63) is 22.4 Å². The second kappa shape index (κ2) is 4.50. The van der Waals surface area contributed by atoms with E-state index in [2.05, 4.69) is 0 Å². The number of hydrogen-bond acceptors (Lipinski definition) is 2. The zero-order valence-corrected chi connectivity index (χ0v) is 9.94. The predicted molar refractivity (Wildman–Crippen MR) is 69.9 cm³/mol. The fraction of sp³-hybridized carbons (Fsp3) is 0.714.